The molecule has 1 unspecified atom stereocenters. The quantitative estimate of drug-likeness (QED) is 0.347. The summed E-state index contributed by atoms with van der Waals surface area (Å²) >= 11 is 3.80. The number of hydrogen-bond donors (Lipinski definition) is 4. The summed E-state index contributed by atoms with van der Waals surface area (Å²) < 4.78 is 0. The third kappa shape index (κ3) is 17.2. The van der Waals surface area contributed by atoms with E-state index in [0.717, 1.165) is 25.0 Å². The molecular weight excluding hydrogens is 278 g/mol. The first-order valence-electron chi connectivity index (χ1n) is 7.25. The van der Waals surface area contributed by atoms with Crippen molar-refractivity contribution in [1.82, 2.24) is 0 Å². The molecule has 0 radical (unpaired) electrons. The van der Waals surface area contributed by atoms with Crippen molar-refractivity contribution in [2.75, 3.05) is 12.3 Å². The summed E-state index contributed by atoms with van der Waals surface area (Å²) in [4.78, 5) is 21.2. The number of nitrogens with two attached hydrogens (primary N) is 1. The topological polar surface area (TPSA) is 101 Å². The van der Waals surface area contributed by atoms with Crippen LogP contribution in [0.3, 0.4) is 0 Å². The van der Waals surface area contributed by atoms with Crippen molar-refractivity contribution in [3.05, 3.63) is 0 Å². The Hall–Kier alpha value is -0.750. The van der Waals surface area contributed by atoms with Gasteiger partial charge in [0, 0.05) is 12.3 Å². The van der Waals surface area contributed by atoms with Crippen molar-refractivity contribution < 1.29 is 19.8 Å². The molecule has 0 aromatic heterocycles. The van der Waals surface area contributed by atoms with Crippen LogP contribution in [0.5, 0.6) is 0 Å². The Morgan fingerprint density at radius 3 is 2.00 bits per heavy atom. The third-order valence-electron chi connectivity index (χ3n) is 2.81. The first kappa shape index (κ1) is 21.5. The van der Waals surface area contributed by atoms with Gasteiger partial charge in [0.05, 0.1) is 12.3 Å². The molecule has 0 saturated carbocycles. The SMILES string of the molecule is CCCCCCCCC(CC(=O)O)C(=O)O.NCCS. The van der Waals surface area contributed by atoms with Crippen molar-refractivity contribution in [2.24, 2.45) is 11.7 Å². The maximum Gasteiger partial charge on any atom is 0.307 e. The summed E-state index contributed by atoms with van der Waals surface area (Å²) in [6.45, 7) is 2.83. The van der Waals surface area contributed by atoms with Gasteiger partial charge < -0.3 is 15.9 Å². The van der Waals surface area contributed by atoms with Crippen LogP contribution in [0.4, 0.5) is 0 Å². The second-order valence-corrected chi connectivity index (χ2v) is 5.15. The number of carboxylic acids is 2. The average Bonchev–Trinajstić information content (AvgIpc) is 2.41. The lowest BCUT2D eigenvalue weighted by molar-refractivity contribution is -0.148. The Labute approximate surface area is 127 Å². The minimum absolute atomic E-state index is 0.260. The van der Waals surface area contributed by atoms with Crippen molar-refractivity contribution in [2.45, 2.75) is 58.3 Å². The molecule has 0 aromatic rings. The minimum Gasteiger partial charge on any atom is -0.481 e. The smallest absolute Gasteiger partial charge is 0.307 e. The minimum atomic E-state index is -1.03. The number of carboxylic acid groups (broad SMARTS) is 2. The van der Waals surface area contributed by atoms with E-state index in [2.05, 4.69) is 19.6 Å². The van der Waals surface area contributed by atoms with Crippen LogP contribution in [0.25, 0.3) is 0 Å². The molecule has 0 heterocycles. The standard InChI is InChI=1S/C12H22O4.C2H7NS/c1-2-3-4-5-6-7-8-10(12(15)16)9-11(13)14;3-1-2-4/h10H,2-9H2,1H3,(H,13,14)(H,15,16);4H,1-3H2. The van der Waals surface area contributed by atoms with Crippen LogP contribution in [0.2, 0.25) is 0 Å². The van der Waals surface area contributed by atoms with Gasteiger partial charge in [0.25, 0.3) is 0 Å². The van der Waals surface area contributed by atoms with Crippen molar-refractivity contribution >= 4 is 24.6 Å². The predicted molar refractivity (Wildman–Crippen MR) is 84.3 cm³/mol. The maximum absolute atomic E-state index is 10.7. The molecule has 0 aliphatic rings. The second kappa shape index (κ2) is 16.3. The molecule has 0 rings (SSSR count). The summed E-state index contributed by atoms with van der Waals surface area (Å²) in [7, 11) is 0. The van der Waals surface area contributed by atoms with Gasteiger partial charge in [0.1, 0.15) is 0 Å². The first-order valence-corrected chi connectivity index (χ1v) is 7.88. The van der Waals surface area contributed by atoms with E-state index in [0.29, 0.717) is 13.0 Å². The zero-order valence-corrected chi connectivity index (χ0v) is 13.3. The molecular formula is C14H29NO4S. The molecule has 0 fully saturated rings. The van der Waals surface area contributed by atoms with Gasteiger partial charge in [-0.15, -0.1) is 0 Å². The molecule has 5 nitrogen and oxygen atoms in total. The molecule has 0 amide bonds. The number of aliphatic carboxylic acids is 2. The van der Waals surface area contributed by atoms with Crippen LogP contribution in [0.15, 0.2) is 0 Å². The zero-order chi connectivity index (χ0) is 15.8. The predicted octanol–water partition coefficient (Wildman–Crippen LogP) is 2.79. The van der Waals surface area contributed by atoms with E-state index >= 15 is 0 Å². The normalized spacial score (nSPS) is 11.3. The van der Waals surface area contributed by atoms with Gasteiger partial charge in [0.15, 0.2) is 0 Å². The molecule has 0 aliphatic carbocycles. The second-order valence-electron chi connectivity index (χ2n) is 4.70. The average molecular weight is 307 g/mol. The Morgan fingerprint density at radius 1 is 1.10 bits per heavy atom. The van der Waals surface area contributed by atoms with Gasteiger partial charge in [-0.3, -0.25) is 9.59 Å². The molecule has 0 aromatic carbocycles. The Kier molecular flexibility index (Phi) is 17.6. The van der Waals surface area contributed by atoms with E-state index < -0.39 is 17.9 Å². The lowest BCUT2D eigenvalue weighted by Gasteiger charge is -2.09. The van der Waals surface area contributed by atoms with Crippen molar-refractivity contribution in [1.29, 1.82) is 0 Å². The number of hydrogen-bond acceptors (Lipinski definition) is 4. The molecule has 6 heteroatoms. The van der Waals surface area contributed by atoms with Crippen LogP contribution >= 0.6 is 12.6 Å². The molecule has 1 atom stereocenters. The van der Waals surface area contributed by atoms with Gasteiger partial charge in [0.2, 0.25) is 0 Å². The van der Waals surface area contributed by atoms with E-state index in [1.54, 1.807) is 0 Å². The molecule has 0 aliphatic heterocycles. The summed E-state index contributed by atoms with van der Waals surface area (Å²) in [6, 6.07) is 0. The van der Waals surface area contributed by atoms with Gasteiger partial charge in [-0.1, -0.05) is 45.4 Å². The molecule has 0 saturated heterocycles. The van der Waals surface area contributed by atoms with E-state index in [1.807, 2.05) is 0 Å². The highest BCUT2D eigenvalue weighted by Crippen LogP contribution is 2.15. The molecule has 4 N–H and O–H groups in total. The highest BCUT2D eigenvalue weighted by Gasteiger charge is 2.19. The van der Waals surface area contributed by atoms with Gasteiger partial charge in [-0.25, -0.2) is 0 Å². The van der Waals surface area contributed by atoms with Crippen LogP contribution in [-0.2, 0) is 9.59 Å². The van der Waals surface area contributed by atoms with E-state index in [-0.39, 0.29) is 6.42 Å². The first-order chi connectivity index (χ1) is 9.49. The Morgan fingerprint density at radius 2 is 1.60 bits per heavy atom. The summed E-state index contributed by atoms with van der Waals surface area (Å²) in [5.41, 5.74) is 4.95. The fourth-order valence-electron chi connectivity index (χ4n) is 1.69. The lowest BCUT2D eigenvalue weighted by Crippen LogP contribution is -2.17. The largest absolute Gasteiger partial charge is 0.481 e. The lowest BCUT2D eigenvalue weighted by atomic mass is 9.97. The molecule has 20 heavy (non-hydrogen) atoms. The zero-order valence-electron chi connectivity index (χ0n) is 12.4. The fourth-order valence-corrected chi connectivity index (χ4v) is 1.69. The van der Waals surface area contributed by atoms with E-state index in [4.69, 9.17) is 15.9 Å². The summed E-state index contributed by atoms with van der Waals surface area (Å²) in [6.07, 6.45) is 6.75. The van der Waals surface area contributed by atoms with Gasteiger partial charge in [-0.2, -0.15) is 12.6 Å². The van der Waals surface area contributed by atoms with Crippen LogP contribution in [0.1, 0.15) is 58.3 Å². The Bertz CT molecular complexity index is 247. The number of carbonyl (C=O) groups is 2. The maximum atomic E-state index is 10.7. The highest BCUT2D eigenvalue weighted by molar-refractivity contribution is 7.80. The van der Waals surface area contributed by atoms with Crippen molar-refractivity contribution in [3.63, 3.8) is 0 Å². The molecule has 120 valence electrons. The summed E-state index contributed by atoms with van der Waals surface area (Å²) in [5, 5.41) is 17.3. The highest BCUT2D eigenvalue weighted by atomic mass is 32.1. The third-order valence-corrected chi connectivity index (χ3v) is 3.06. The van der Waals surface area contributed by atoms with Crippen LogP contribution in [-0.4, -0.2) is 34.4 Å². The van der Waals surface area contributed by atoms with Gasteiger partial charge in [-0.05, 0) is 6.42 Å². The summed E-state index contributed by atoms with van der Waals surface area (Å²) in [5.74, 6) is -1.95. The number of rotatable bonds is 11. The van der Waals surface area contributed by atoms with Crippen LogP contribution < -0.4 is 5.73 Å². The monoisotopic (exact) mass is 307 g/mol. The van der Waals surface area contributed by atoms with E-state index in [9.17, 15) is 9.59 Å². The number of unbranched alkanes of at least 4 members (excludes halogenated alkanes) is 5. The van der Waals surface area contributed by atoms with Gasteiger partial charge >= 0.3 is 11.9 Å². The molecule has 0 bridgehead atoms. The van der Waals surface area contributed by atoms with E-state index in [1.165, 1.54) is 19.3 Å². The fraction of sp³-hybridized carbons (Fsp3) is 0.857. The molecule has 0 spiro atoms. The Balaban J connectivity index is 0. The van der Waals surface area contributed by atoms with Crippen LogP contribution in [0, 0.1) is 5.92 Å². The van der Waals surface area contributed by atoms with Crippen molar-refractivity contribution in [3.8, 4) is 0 Å². The number of thiol groups is 1.